The molecule has 0 spiro atoms. The fourth-order valence-electron chi connectivity index (χ4n) is 2.00. The molecule has 0 heterocycles. The number of carboxylic acids is 1. The van der Waals surface area contributed by atoms with E-state index in [4.69, 9.17) is 5.11 Å². The molecule has 0 radical (unpaired) electrons. The molecule has 0 saturated heterocycles. The largest absolute Gasteiger partial charge is 0.481 e. The van der Waals surface area contributed by atoms with Crippen molar-refractivity contribution in [1.29, 1.82) is 0 Å². The molecule has 1 amide bonds. The Bertz CT molecular complexity index is 777. The predicted molar refractivity (Wildman–Crippen MR) is 94.6 cm³/mol. The Morgan fingerprint density at radius 1 is 1.08 bits per heavy atom. The highest BCUT2D eigenvalue weighted by Crippen LogP contribution is 2.30. The molecule has 0 aliphatic heterocycles. The highest BCUT2D eigenvalue weighted by Gasteiger charge is 2.10. The lowest BCUT2D eigenvalue weighted by atomic mass is 10.2. The van der Waals surface area contributed by atoms with E-state index < -0.39 is 10.9 Å². The normalized spacial score (nSPS) is 10.2. The Morgan fingerprint density at radius 3 is 2.40 bits per heavy atom. The first-order chi connectivity index (χ1) is 12.0. The lowest BCUT2D eigenvalue weighted by Gasteiger charge is -2.10. The molecule has 0 bridgehead atoms. The number of nitro groups is 1. The summed E-state index contributed by atoms with van der Waals surface area (Å²) in [7, 11) is 0. The number of nitrogens with one attached hydrogen (secondary N) is 1. The zero-order chi connectivity index (χ0) is 18.2. The second kappa shape index (κ2) is 8.84. The van der Waals surface area contributed by atoms with Crippen molar-refractivity contribution in [3.63, 3.8) is 0 Å². The van der Waals surface area contributed by atoms with Gasteiger partial charge in [0.25, 0.3) is 5.69 Å². The first kappa shape index (κ1) is 18.5. The molecule has 0 aliphatic carbocycles. The highest BCUT2D eigenvalue weighted by molar-refractivity contribution is 7.98. The number of carbonyl (C=O) groups excluding carboxylic acids is 1. The Balaban J connectivity index is 1.99. The average molecular weight is 360 g/mol. The van der Waals surface area contributed by atoms with E-state index in [-0.39, 0.29) is 24.4 Å². The van der Waals surface area contributed by atoms with Gasteiger partial charge in [-0.1, -0.05) is 24.3 Å². The standard InChI is InChI=1S/C17H16N2O5S/c20-16(9-10-17(21)22)18-14-3-1-2-4-15(14)25-11-12-5-7-13(8-6-12)19(23)24/h1-8H,9-11H2,(H,18,20)(H,21,22). The molecule has 2 rings (SSSR count). The van der Waals surface area contributed by atoms with Crippen LogP contribution in [0.25, 0.3) is 0 Å². The van der Waals surface area contributed by atoms with Crippen molar-refractivity contribution in [2.24, 2.45) is 0 Å². The average Bonchev–Trinajstić information content (AvgIpc) is 2.59. The van der Waals surface area contributed by atoms with Crippen LogP contribution in [-0.2, 0) is 15.3 Å². The molecule has 2 N–H and O–H groups in total. The minimum absolute atomic E-state index is 0.0415. The zero-order valence-electron chi connectivity index (χ0n) is 13.2. The van der Waals surface area contributed by atoms with Crippen LogP contribution in [0, 0.1) is 10.1 Å². The van der Waals surface area contributed by atoms with Crippen molar-refractivity contribution in [1.82, 2.24) is 0 Å². The second-order valence-corrected chi connectivity index (χ2v) is 6.17. The van der Waals surface area contributed by atoms with Gasteiger partial charge in [-0.05, 0) is 17.7 Å². The van der Waals surface area contributed by atoms with E-state index in [1.165, 1.54) is 23.9 Å². The first-order valence-electron chi connectivity index (χ1n) is 7.42. The molecule has 2 aromatic carbocycles. The SMILES string of the molecule is O=C(O)CCC(=O)Nc1ccccc1SCc1ccc([N+](=O)[O-])cc1. The van der Waals surface area contributed by atoms with E-state index in [2.05, 4.69) is 5.32 Å². The van der Waals surface area contributed by atoms with E-state index in [0.717, 1.165) is 10.5 Å². The van der Waals surface area contributed by atoms with Crippen LogP contribution in [0.5, 0.6) is 0 Å². The number of non-ortho nitro benzene ring substituents is 1. The van der Waals surface area contributed by atoms with Crippen LogP contribution < -0.4 is 5.32 Å². The third kappa shape index (κ3) is 5.92. The number of aliphatic carboxylic acids is 1. The maximum absolute atomic E-state index is 11.8. The summed E-state index contributed by atoms with van der Waals surface area (Å²) in [6, 6.07) is 13.5. The molecule has 7 nitrogen and oxygen atoms in total. The van der Waals surface area contributed by atoms with Gasteiger partial charge < -0.3 is 10.4 Å². The van der Waals surface area contributed by atoms with E-state index in [1.807, 2.05) is 12.1 Å². The quantitative estimate of drug-likeness (QED) is 0.422. The van der Waals surface area contributed by atoms with Crippen LogP contribution in [0.4, 0.5) is 11.4 Å². The number of carboxylic acid groups (broad SMARTS) is 1. The number of thioether (sulfide) groups is 1. The highest BCUT2D eigenvalue weighted by atomic mass is 32.2. The Labute approximate surface area is 148 Å². The summed E-state index contributed by atoms with van der Waals surface area (Å²) in [4.78, 5) is 33.4. The monoisotopic (exact) mass is 360 g/mol. The van der Waals surface area contributed by atoms with E-state index >= 15 is 0 Å². The second-order valence-electron chi connectivity index (χ2n) is 5.15. The van der Waals surface area contributed by atoms with Gasteiger partial charge >= 0.3 is 5.97 Å². The van der Waals surface area contributed by atoms with Crippen LogP contribution in [-0.4, -0.2) is 21.9 Å². The summed E-state index contributed by atoms with van der Waals surface area (Å²) in [6.07, 6.45) is -0.305. The number of amides is 1. The van der Waals surface area contributed by atoms with Crippen LogP contribution in [0.3, 0.4) is 0 Å². The molecule has 0 atom stereocenters. The van der Waals surface area contributed by atoms with Crippen molar-refractivity contribution >= 4 is 35.0 Å². The van der Waals surface area contributed by atoms with Crippen molar-refractivity contribution in [3.8, 4) is 0 Å². The van der Waals surface area contributed by atoms with Crippen molar-refractivity contribution in [2.45, 2.75) is 23.5 Å². The molecule has 0 fully saturated rings. The lowest BCUT2D eigenvalue weighted by Crippen LogP contribution is -2.13. The smallest absolute Gasteiger partial charge is 0.303 e. The van der Waals surface area contributed by atoms with Gasteiger partial charge in [-0.25, -0.2) is 0 Å². The maximum atomic E-state index is 11.8. The van der Waals surface area contributed by atoms with E-state index in [0.29, 0.717) is 11.4 Å². The summed E-state index contributed by atoms with van der Waals surface area (Å²) in [5.41, 5.74) is 1.58. The van der Waals surface area contributed by atoms with Crippen LogP contribution >= 0.6 is 11.8 Å². The number of hydrogen-bond donors (Lipinski definition) is 2. The van der Waals surface area contributed by atoms with Crippen LogP contribution in [0.1, 0.15) is 18.4 Å². The third-order valence-electron chi connectivity index (χ3n) is 3.27. The van der Waals surface area contributed by atoms with Crippen molar-refractivity contribution in [3.05, 3.63) is 64.2 Å². The van der Waals surface area contributed by atoms with Gasteiger partial charge in [-0.3, -0.25) is 19.7 Å². The minimum atomic E-state index is -1.02. The van der Waals surface area contributed by atoms with Gasteiger partial charge in [-0.2, -0.15) is 0 Å². The lowest BCUT2D eigenvalue weighted by molar-refractivity contribution is -0.384. The molecular weight excluding hydrogens is 344 g/mol. The first-order valence-corrected chi connectivity index (χ1v) is 8.41. The number of benzene rings is 2. The minimum Gasteiger partial charge on any atom is -0.481 e. The number of anilines is 1. The fourth-order valence-corrected chi connectivity index (χ4v) is 2.97. The van der Waals surface area contributed by atoms with Crippen LogP contribution in [0.2, 0.25) is 0 Å². The molecular formula is C17H16N2O5S. The van der Waals surface area contributed by atoms with Crippen LogP contribution in [0.15, 0.2) is 53.4 Å². The molecule has 8 heteroatoms. The molecule has 0 aromatic heterocycles. The summed E-state index contributed by atoms with van der Waals surface area (Å²) in [5, 5.41) is 22.0. The number of nitro benzene ring substituents is 1. The summed E-state index contributed by atoms with van der Waals surface area (Å²) >= 11 is 1.48. The predicted octanol–water partition coefficient (Wildman–Crippen LogP) is 3.69. The van der Waals surface area contributed by atoms with Gasteiger partial charge in [0, 0.05) is 29.2 Å². The number of para-hydroxylation sites is 1. The topological polar surface area (TPSA) is 110 Å². The Morgan fingerprint density at radius 2 is 1.76 bits per heavy atom. The Kier molecular flexibility index (Phi) is 6.53. The maximum Gasteiger partial charge on any atom is 0.303 e. The molecule has 2 aromatic rings. The molecule has 0 aliphatic rings. The van der Waals surface area contributed by atoms with Gasteiger partial charge in [0.15, 0.2) is 0 Å². The fraction of sp³-hybridized carbons (Fsp3) is 0.176. The molecule has 130 valence electrons. The van der Waals surface area contributed by atoms with Gasteiger partial charge in [0.05, 0.1) is 17.0 Å². The van der Waals surface area contributed by atoms with Crippen molar-refractivity contribution < 1.29 is 19.6 Å². The van der Waals surface area contributed by atoms with Crippen molar-refractivity contribution in [2.75, 3.05) is 5.32 Å². The summed E-state index contributed by atoms with van der Waals surface area (Å²) < 4.78 is 0. The van der Waals surface area contributed by atoms with E-state index in [9.17, 15) is 19.7 Å². The molecule has 0 unspecified atom stereocenters. The van der Waals surface area contributed by atoms with E-state index in [1.54, 1.807) is 24.3 Å². The van der Waals surface area contributed by atoms with Gasteiger partial charge in [0.2, 0.25) is 5.91 Å². The molecule has 0 saturated carbocycles. The summed E-state index contributed by atoms with van der Waals surface area (Å²) in [5.74, 6) is -0.790. The number of rotatable bonds is 8. The summed E-state index contributed by atoms with van der Waals surface area (Å²) in [6.45, 7) is 0. The van der Waals surface area contributed by atoms with Gasteiger partial charge in [-0.15, -0.1) is 11.8 Å². The Hall–Kier alpha value is -2.87. The third-order valence-corrected chi connectivity index (χ3v) is 4.41. The number of carbonyl (C=O) groups is 2. The van der Waals surface area contributed by atoms with Gasteiger partial charge in [0.1, 0.15) is 0 Å². The number of nitrogens with zero attached hydrogens (tertiary/aromatic N) is 1. The zero-order valence-corrected chi connectivity index (χ0v) is 14.0. The molecule has 25 heavy (non-hydrogen) atoms. The number of hydrogen-bond acceptors (Lipinski definition) is 5.